The summed E-state index contributed by atoms with van der Waals surface area (Å²) in [5.41, 5.74) is -0.0518. The lowest BCUT2D eigenvalue weighted by Gasteiger charge is -2.21. The predicted molar refractivity (Wildman–Crippen MR) is 102 cm³/mol. The Hall–Kier alpha value is -3.39. The Morgan fingerprint density at radius 2 is 2.03 bits per heavy atom. The summed E-state index contributed by atoms with van der Waals surface area (Å²) in [6, 6.07) is 7.78. The third-order valence-electron chi connectivity index (χ3n) is 5.05. The van der Waals surface area contributed by atoms with Gasteiger partial charge in [-0.25, -0.2) is 4.39 Å². The molecular weight excluding hydrogens is 381 g/mol. The van der Waals surface area contributed by atoms with Crippen molar-refractivity contribution in [3.63, 3.8) is 0 Å². The lowest BCUT2D eigenvalue weighted by atomic mass is 10.1. The van der Waals surface area contributed by atoms with Gasteiger partial charge < -0.3 is 19.4 Å². The summed E-state index contributed by atoms with van der Waals surface area (Å²) in [4.78, 5) is 26.0. The van der Waals surface area contributed by atoms with E-state index in [1.165, 1.54) is 30.3 Å². The summed E-state index contributed by atoms with van der Waals surface area (Å²) < 4.78 is 24.8. The molecule has 0 saturated carbocycles. The van der Waals surface area contributed by atoms with E-state index in [0.717, 1.165) is 12.7 Å². The van der Waals surface area contributed by atoms with Crippen molar-refractivity contribution < 1.29 is 28.6 Å². The number of fused-ring (bicyclic) bond motifs is 1. The summed E-state index contributed by atoms with van der Waals surface area (Å²) in [7, 11) is 0. The minimum atomic E-state index is -0.927. The van der Waals surface area contributed by atoms with Crippen LogP contribution in [0.25, 0.3) is 11.0 Å². The molecule has 7 nitrogen and oxygen atoms in total. The number of carbonyl (C=O) groups is 1. The van der Waals surface area contributed by atoms with Gasteiger partial charge in [0.05, 0.1) is 10.9 Å². The van der Waals surface area contributed by atoms with Crippen molar-refractivity contribution in [3.8, 4) is 17.2 Å². The van der Waals surface area contributed by atoms with E-state index in [9.17, 15) is 24.2 Å². The van der Waals surface area contributed by atoms with Crippen LogP contribution >= 0.6 is 0 Å². The molecule has 0 amide bonds. The Morgan fingerprint density at radius 3 is 2.79 bits per heavy atom. The van der Waals surface area contributed by atoms with Gasteiger partial charge in [-0.15, -0.1) is 0 Å². The molecule has 1 unspecified atom stereocenters. The Balaban J connectivity index is 1.73. The van der Waals surface area contributed by atoms with Crippen LogP contribution in [0, 0.1) is 5.82 Å². The molecule has 150 valence electrons. The zero-order valence-corrected chi connectivity index (χ0v) is 15.3. The standard InChI is InChI=1S/C21H18FNO6/c22-14-4-1-2-6-17(14)29-18-11-28-20-12(19(18)25)7-8-16(24)13(20)10-23-9-3-5-15(23)21(26)27/h1-2,4,6-8,11,15,24H,3,5,9-10H2,(H,26,27). The van der Waals surface area contributed by atoms with Crippen LogP contribution in [0.15, 0.2) is 51.9 Å². The van der Waals surface area contributed by atoms with E-state index >= 15 is 0 Å². The number of phenols is 1. The number of carboxylic acid groups (broad SMARTS) is 1. The first-order chi connectivity index (χ1) is 14.0. The molecule has 0 radical (unpaired) electrons. The molecule has 0 bridgehead atoms. The number of likely N-dealkylation sites (tertiary alicyclic amines) is 1. The van der Waals surface area contributed by atoms with Crippen LogP contribution < -0.4 is 10.2 Å². The average molecular weight is 399 g/mol. The highest BCUT2D eigenvalue weighted by Crippen LogP contribution is 2.32. The number of ether oxygens (including phenoxy) is 1. The summed E-state index contributed by atoms with van der Waals surface area (Å²) in [5.74, 6) is -1.95. The maximum atomic E-state index is 13.8. The Morgan fingerprint density at radius 1 is 1.24 bits per heavy atom. The molecule has 0 aliphatic carbocycles. The summed E-state index contributed by atoms with van der Waals surface area (Å²) in [6.07, 6.45) is 2.32. The summed E-state index contributed by atoms with van der Waals surface area (Å²) in [6.45, 7) is 0.683. The molecule has 1 aliphatic heterocycles. The number of nitrogens with zero attached hydrogens (tertiary/aromatic N) is 1. The lowest BCUT2D eigenvalue weighted by molar-refractivity contribution is -0.142. The monoisotopic (exact) mass is 399 g/mol. The van der Waals surface area contributed by atoms with Crippen molar-refractivity contribution in [3.05, 3.63) is 64.3 Å². The zero-order valence-electron chi connectivity index (χ0n) is 15.3. The molecule has 2 N–H and O–H groups in total. The van der Waals surface area contributed by atoms with E-state index in [4.69, 9.17) is 9.15 Å². The second kappa shape index (κ2) is 7.56. The largest absolute Gasteiger partial charge is 0.507 e. The fraction of sp³-hybridized carbons (Fsp3) is 0.238. The van der Waals surface area contributed by atoms with Crippen molar-refractivity contribution in [2.75, 3.05) is 6.54 Å². The highest BCUT2D eigenvalue weighted by molar-refractivity contribution is 5.83. The maximum Gasteiger partial charge on any atom is 0.320 e. The SMILES string of the molecule is O=C(O)C1CCCN1Cc1c(O)ccc2c(=O)c(Oc3ccccc3F)coc12. The van der Waals surface area contributed by atoms with E-state index in [1.807, 2.05) is 0 Å². The van der Waals surface area contributed by atoms with E-state index in [-0.39, 0.29) is 34.8 Å². The third-order valence-corrected chi connectivity index (χ3v) is 5.05. The molecule has 8 heteroatoms. The van der Waals surface area contributed by atoms with Gasteiger partial charge in [-0.05, 0) is 43.7 Å². The fourth-order valence-corrected chi connectivity index (χ4v) is 3.60. The van der Waals surface area contributed by atoms with Crippen molar-refractivity contribution in [1.82, 2.24) is 4.90 Å². The number of benzene rings is 2. The minimum absolute atomic E-state index is 0.0977. The second-order valence-corrected chi connectivity index (χ2v) is 6.87. The van der Waals surface area contributed by atoms with Crippen LogP contribution in [-0.4, -0.2) is 33.7 Å². The second-order valence-electron chi connectivity index (χ2n) is 6.87. The van der Waals surface area contributed by atoms with Gasteiger partial charge in [-0.1, -0.05) is 12.1 Å². The number of para-hydroxylation sites is 1. The van der Waals surface area contributed by atoms with E-state index < -0.39 is 23.3 Å². The molecule has 1 aromatic heterocycles. The number of hydrogen-bond donors (Lipinski definition) is 2. The number of aliphatic carboxylic acids is 1. The number of rotatable bonds is 5. The highest BCUT2D eigenvalue weighted by atomic mass is 19.1. The van der Waals surface area contributed by atoms with E-state index in [0.29, 0.717) is 18.5 Å². The van der Waals surface area contributed by atoms with Gasteiger partial charge in [-0.2, -0.15) is 0 Å². The highest BCUT2D eigenvalue weighted by Gasteiger charge is 2.31. The Kier molecular flexibility index (Phi) is 4.94. The summed E-state index contributed by atoms with van der Waals surface area (Å²) in [5, 5.41) is 19.8. The van der Waals surface area contributed by atoms with Gasteiger partial charge in [-0.3, -0.25) is 14.5 Å². The van der Waals surface area contributed by atoms with Crippen molar-refractivity contribution >= 4 is 16.9 Å². The number of carboxylic acids is 1. The van der Waals surface area contributed by atoms with Gasteiger partial charge >= 0.3 is 5.97 Å². The molecule has 1 atom stereocenters. The van der Waals surface area contributed by atoms with Gasteiger partial charge in [0.2, 0.25) is 11.2 Å². The maximum absolute atomic E-state index is 13.8. The quantitative estimate of drug-likeness (QED) is 0.677. The summed E-state index contributed by atoms with van der Waals surface area (Å²) >= 11 is 0. The normalized spacial score (nSPS) is 16.9. The zero-order chi connectivity index (χ0) is 20.5. The van der Waals surface area contributed by atoms with Crippen LogP contribution in [0.1, 0.15) is 18.4 Å². The van der Waals surface area contributed by atoms with Crippen LogP contribution in [0.3, 0.4) is 0 Å². The lowest BCUT2D eigenvalue weighted by Crippen LogP contribution is -2.35. The fourth-order valence-electron chi connectivity index (χ4n) is 3.60. The minimum Gasteiger partial charge on any atom is -0.507 e. The van der Waals surface area contributed by atoms with Crippen molar-refractivity contribution in [1.29, 1.82) is 0 Å². The third kappa shape index (κ3) is 3.54. The number of halogens is 1. The first-order valence-electron chi connectivity index (χ1n) is 9.11. The molecule has 3 aromatic rings. The Labute approximate surface area is 164 Å². The molecular formula is C21H18FNO6. The smallest absolute Gasteiger partial charge is 0.320 e. The Bertz CT molecular complexity index is 1140. The first kappa shape index (κ1) is 18.9. The van der Waals surface area contributed by atoms with Crippen LogP contribution in [0.4, 0.5) is 4.39 Å². The number of phenolic OH excluding ortho intramolecular Hbond substituents is 1. The molecule has 1 aliphatic rings. The molecule has 2 heterocycles. The van der Waals surface area contributed by atoms with Crippen LogP contribution in [0.2, 0.25) is 0 Å². The van der Waals surface area contributed by atoms with Crippen LogP contribution in [0.5, 0.6) is 17.2 Å². The molecule has 1 fully saturated rings. The van der Waals surface area contributed by atoms with Crippen LogP contribution in [-0.2, 0) is 11.3 Å². The molecule has 2 aromatic carbocycles. The van der Waals surface area contributed by atoms with Gasteiger partial charge in [0.1, 0.15) is 23.6 Å². The number of hydrogen-bond acceptors (Lipinski definition) is 6. The predicted octanol–water partition coefficient (Wildman–Crippen LogP) is 3.48. The van der Waals surface area contributed by atoms with Gasteiger partial charge in [0, 0.05) is 6.54 Å². The topological polar surface area (TPSA) is 100 Å². The van der Waals surface area contributed by atoms with Gasteiger partial charge in [0.25, 0.3) is 0 Å². The van der Waals surface area contributed by atoms with E-state index in [2.05, 4.69) is 0 Å². The van der Waals surface area contributed by atoms with Gasteiger partial charge in [0.15, 0.2) is 11.6 Å². The molecule has 29 heavy (non-hydrogen) atoms. The van der Waals surface area contributed by atoms with E-state index in [1.54, 1.807) is 11.0 Å². The molecule has 4 rings (SSSR count). The molecule has 0 spiro atoms. The average Bonchev–Trinajstić information content (AvgIpc) is 3.16. The van der Waals surface area contributed by atoms with Crippen molar-refractivity contribution in [2.24, 2.45) is 0 Å². The van der Waals surface area contributed by atoms with Crippen molar-refractivity contribution in [2.45, 2.75) is 25.4 Å². The first-order valence-corrected chi connectivity index (χ1v) is 9.11. The number of aromatic hydroxyl groups is 1. The molecule has 1 saturated heterocycles.